The minimum Gasteiger partial charge on any atom is -0.492 e. The Balaban J connectivity index is 2.01. The number of nitrogens with one attached hydrogen (secondary N) is 1. The Bertz CT molecular complexity index is 629. The Morgan fingerprint density at radius 2 is 2.09 bits per heavy atom. The van der Waals surface area contributed by atoms with Crippen LogP contribution in [-0.4, -0.2) is 22.7 Å². The quantitative estimate of drug-likeness (QED) is 0.821. The van der Waals surface area contributed by atoms with E-state index in [1.807, 2.05) is 57.2 Å². The molecule has 5 heteroatoms. The summed E-state index contributed by atoms with van der Waals surface area (Å²) in [5, 5.41) is 3.51. The number of hydrogen-bond donors (Lipinski definition) is 1. The van der Waals surface area contributed by atoms with Gasteiger partial charge in [0.15, 0.2) is 0 Å². The Hall–Kier alpha value is -2.01. The van der Waals surface area contributed by atoms with Gasteiger partial charge in [-0.2, -0.15) is 0 Å². The molecule has 1 N–H and O–H groups in total. The van der Waals surface area contributed by atoms with Gasteiger partial charge >= 0.3 is 0 Å². The average molecular weight is 316 g/mol. The van der Waals surface area contributed by atoms with Crippen LogP contribution in [0.2, 0.25) is 0 Å². The van der Waals surface area contributed by atoms with Gasteiger partial charge in [0.1, 0.15) is 5.75 Å². The first-order valence-corrected chi connectivity index (χ1v) is 8.10. The lowest BCUT2D eigenvalue weighted by atomic mass is 10.3. The number of nitrogens with zero attached hydrogens (tertiary/aromatic N) is 1. The third-order valence-corrected chi connectivity index (χ3v) is 4.05. The number of pyridine rings is 1. The van der Waals surface area contributed by atoms with Crippen molar-refractivity contribution in [2.45, 2.75) is 31.0 Å². The van der Waals surface area contributed by atoms with Crippen molar-refractivity contribution in [3.05, 3.63) is 48.2 Å². The Labute approximate surface area is 135 Å². The third kappa shape index (κ3) is 4.49. The molecular weight excluding hydrogens is 296 g/mol. The molecule has 0 fully saturated rings. The number of benzene rings is 1. The number of ether oxygens (including phenoxy) is 1. The van der Waals surface area contributed by atoms with Crippen molar-refractivity contribution in [2.24, 2.45) is 0 Å². The van der Waals surface area contributed by atoms with Crippen LogP contribution in [0, 0.1) is 6.92 Å². The van der Waals surface area contributed by atoms with Crippen molar-refractivity contribution >= 4 is 23.4 Å². The third-order valence-electron chi connectivity index (χ3n) is 3.00. The Morgan fingerprint density at radius 3 is 2.77 bits per heavy atom. The molecule has 0 bridgehead atoms. The number of hydrogen-bond acceptors (Lipinski definition) is 4. The molecule has 116 valence electrons. The zero-order valence-electron chi connectivity index (χ0n) is 13.0. The van der Waals surface area contributed by atoms with E-state index in [0.29, 0.717) is 18.0 Å². The summed E-state index contributed by atoms with van der Waals surface area (Å²) >= 11 is 1.43. The molecule has 1 heterocycles. The number of aryl methyl sites for hydroxylation is 1. The normalized spacial score (nSPS) is 11.8. The van der Waals surface area contributed by atoms with E-state index < -0.39 is 0 Å². The Morgan fingerprint density at radius 1 is 1.32 bits per heavy atom. The van der Waals surface area contributed by atoms with Crippen LogP contribution >= 0.6 is 11.8 Å². The SMILES string of the molecule is CCOc1ccccc1NC(=O)C(C)Sc1ccc(C)cn1. The number of anilines is 1. The topological polar surface area (TPSA) is 51.2 Å². The highest BCUT2D eigenvalue weighted by Gasteiger charge is 2.16. The lowest BCUT2D eigenvalue weighted by Crippen LogP contribution is -2.22. The molecule has 0 saturated carbocycles. The number of thioether (sulfide) groups is 1. The van der Waals surface area contributed by atoms with Gasteiger partial charge in [0.25, 0.3) is 0 Å². The molecule has 22 heavy (non-hydrogen) atoms. The average Bonchev–Trinajstić information content (AvgIpc) is 2.51. The lowest BCUT2D eigenvalue weighted by molar-refractivity contribution is -0.115. The van der Waals surface area contributed by atoms with Crippen molar-refractivity contribution < 1.29 is 9.53 Å². The molecule has 0 saturated heterocycles. The molecule has 0 spiro atoms. The van der Waals surface area contributed by atoms with E-state index in [4.69, 9.17) is 4.74 Å². The predicted molar refractivity (Wildman–Crippen MR) is 90.5 cm³/mol. The minimum atomic E-state index is -0.245. The van der Waals surface area contributed by atoms with Gasteiger partial charge in [-0.05, 0) is 44.5 Å². The van der Waals surface area contributed by atoms with Crippen LogP contribution in [0.25, 0.3) is 0 Å². The Kier molecular flexibility index (Phi) is 5.83. The van der Waals surface area contributed by atoms with Crippen LogP contribution in [0.15, 0.2) is 47.6 Å². The van der Waals surface area contributed by atoms with Crippen molar-refractivity contribution in [1.29, 1.82) is 0 Å². The largest absolute Gasteiger partial charge is 0.492 e. The molecule has 1 aromatic carbocycles. The molecule has 0 aliphatic rings. The van der Waals surface area contributed by atoms with E-state index in [1.165, 1.54) is 11.8 Å². The monoisotopic (exact) mass is 316 g/mol. The fraction of sp³-hybridized carbons (Fsp3) is 0.294. The first kappa shape index (κ1) is 16.4. The summed E-state index contributed by atoms with van der Waals surface area (Å²) in [5.41, 5.74) is 1.80. The fourth-order valence-corrected chi connectivity index (χ4v) is 2.63. The molecule has 0 radical (unpaired) electrons. The first-order chi connectivity index (χ1) is 10.6. The van der Waals surface area contributed by atoms with Crippen molar-refractivity contribution in [3.8, 4) is 5.75 Å². The van der Waals surface area contributed by atoms with Crippen LogP contribution in [0.5, 0.6) is 5.75 Å². The zero-order valence-corrected chi connectivity index (χ0v) is 13.8. The summed E-state index contributed by atoms with van der Waals surface area (Å²) in [7, 11) is 0. The summed E-state index contributed by atoms with van der Waals surface area (Å²) in [6.07, 6.45) is 1.80. The van der Waals surface area contributed by atoms with Gasteiger partial charge in [0, 0.05) is 6.20 Å². The molecule has 2 aromatic rings. The van der Waals surface area contributed by atoms with Crippen LogP contribution in [-0.2, 0) is 4.79 Å². The first-order valence-electron chi connectivity index (χ1n) is 7.22. The lowest BCUT2D eigenvalue weighted by Gasteiger charge is -2.14. The second-order valence-corrected chi connectivity index (χ2v) is 6.21. The van der Waals surface area contributed by atoms with Crippen LogP contribution in [0.3, 0.4) is 0 Å². The van der Waals surface area contributed by atoms with Crippen molar-refractivity contribution in [3.63, 3.8) is 0 Å². The zero-order chi connectivity index (χ0) is 15.9. The number of rotatable bonds is 6. The summed E-state index contributed by atoms with van der Waals surface area (Å²) in [6, 6.07) is 11.4. The number of amides is 1. The molecule has 0 aliphatic heterocycles. The summed E-state index contributed by atoms with van der Waals surface area (Å²) in [4.78, 5) is 16.6. The molecule has 0 aliphatic carbocycles. The number of para-hydroxylation sites is 2. The van der Waals surface area contributed by atoms with Gasteiger partial charge in [0.05, 0.1) is 22.6 Å². The number of aromatic nitrogens is 1. The molecule has 1 amide bonds. The molecule has 2 rings (SSSR count). The molecular formula is C17H20N2O2S. The molecule has 1 aromatic heterocycles. The van der Waals surface area contributed by atoms with E-state index in [-0.39, 0.29) is 11.2 Å². The minimum absolute atomic E-state index is 0.0699. The van der Waals surface area contributed by atoms with Gasteiger partial charge in [0.2, 0.25) is 5.91 Å². The standard InChI is InChI=1S/C17H20N2O2S/c1-4-21-15-8-6-5-7-14(15)19-17(20)13(3)22-16-10-9-12(2)11-18-16/h5-11,13H,4H2,1-3H3,(H,19,20). The van der Waals surface area contributed by atoms with Crippen LogP contribution in [0.4, 0.5) is 5.69 Å². The van der Waals surface area contributed by atoms with Gasteiger partial charge in [-0.25, -0.2) is 4.98 Å². The summed E-state index contributed by atoms with van der Waals surface area (Å²) in [5.74, 6) is 0.614. The van der Waals surface area contributed by atoms with Crippen LogP contribution < -0.4 is 10.1 Å². The number of carbonyl (C=O) groups is 1. The highest BCUT2D eigenvalue weighted by atomic mass is 32.2. The second kappa shape index (κ2) is 7.84. The van der Waals surface area contributed by atoms with E-state index in [0.717, 1.165) is 10.6 Å². The van der Waals surface area contributed by atoms with E-state index in [9.17, 15) is 4.79 Å². The fourth-order valence-electron chi connectivity index (χ4n) is 1.84. The second-order valence-electron chi connectivity index (χ2n) is 4.85. The summed E-state index contributed by atoms with van der Waals surface area (Å²) < 4.78 is 5.52. The van der Waals surface area contributed by atoms with Crippen molar-refractivity contribution in [1.82, 2.24) is 4.98 Å². The highest BCUT2D eigenvalue weighted by Crippen LogP contribution is 2.26. The highest BCUT2D eigenvalue weighted by molar-refractivity contribution is 8.00. The number of carbonyl (C=O) groups excluding carboxylic acids is 1. The predicted octanol–water partition coefficient (Wildman–Crippen LogP) is 3.91. The van der Waals surface area contributed by atoms with E-state index in [2.05, 4.69) is 10.3 Å². The van der Waals surface area contributed by atoms with Gasteiger partial charge in [-0.1, -0.05) is 30.0 Å². The summed E-state index contributed by atoms with van der Waals surface area (Å²) in [6.45, 7) is 6.33. The maximum absolute atomic E-state index is 12.3. The molecule has 1 atom stereocenters. The molecule has 1 unspecified atom stereocenters. The van der Waals surface area contributed by atoms with E-state index >= 15 is 0 Å². The van der Waals surface area contributed by atoms with E-state index in [1.54, 1.807) is 6.20 Å². The maximum Gasteiger partial charge on any atom is 0.237 e. The van der Waals surface area contributed by atoms with Gasteiger partial charge in [-0.3, -0.25) is 4.79 Å². The van der Waals surface area contributed by atoms with Crippen LogP contribution in [0.1, 0.15) is 19.4 Å². The molecule has 4 nitrogen and oxygen atoms in total. The smallest absolute Gasteiger partial charge is 0.237 e. The maximum atomic E-state index is 12.3. The van der Waals surface area contributed by atoms with Gasteiger partial charge in [-0.15, -0.1) is 0 Å². The van der Waals surface area contributed by atoms with Gasteiger partial charge < -0.3 is 10.1 Å². The van der Waals surface area contributed by atoms with Crippen molar-refractivity contribution in [2.75, 3.05) is 11.9 Å².